The standard InChI is InChI=1S/C25H27N3O2/c1-30-24-17-22(28-14-5-2-6-15-28)13-12-21(24)18-26-27-25(29)16-20-10-7-9-19-8-3-4-11-23(19)20/h3-4,7-13,17-18H,2,5-6,14-16H2,1H3,(H,27,29)/b26-18-. The number of methoxy groups -OCH3 is 1. The molecule has 3 aromatic rings. The number of anilines is 1. The Morgan fingerprint density at radius 2 is 1.87 bits per heavy atom. The average molecular weight is 402 g/mol. The Bertz CT molecular complexity index is 1050. The molecule has 1 saturated heterocycles. The van der Waals surface area contributed by atoms with Gasteiger partial charge >= 0.3 is 0 Å². The van der Waals surface area contributed by atoms with Gasteiger partial charge < -0.3 is 9.64 Å². The number of hydrazone groups is 1. The summed E-state index contributed by atoms with van der Waals surface area (Å²) in [6.07, 6.45) is 5.68. The van der Waals surface area contributed by atoms with Gasteiger partial charge in [-0.25, -0.2) is 5.43 Å². The molecule has 0 saturated carbocycles. The number of carbonyl (C=O) groups excluding carboxylic acids is 1. The quantitative estimate of drug-likeness (QED) is 0.488. The second-order valence-electron chi connectivity index (χ2n) is 7.58. The molecule has 5 nitrogen and oxygen atoms in total. The molecule has 154 valence electrons. The predicted octanol–water partition coefficient (Wildman–Crippen LogP) is 4.53. The van der Waals surface area contributed by atoms with Crippen molar-refractivity contribution in [3.05, 3.63) is 71.8 Å². The molecule has 3 aromatic carbocycles. The lowest BCUT2D eigenvalue weighted by Crippen LogP contribution is -2.29. The van der Waals surface area contributed by atoms with E-state index in [0.29, 0.717) is 0 Å². The Labute approximate surface area is 177 Å². The molecule has 0 radical (unpaired) electrons. The summed E-state index contributed by atoms with van der Waals surface area (Å²) < 4.78 is 5.55. The number of ether oxygens (including phenoxy) is 1. The molecule has 1 amide bonds. The van der Waals surface area contributed by atoms with E-state index >= 15 is 0 Å². The topological polar surface area (TPSA) is 53.9 Å². The van der Waals surface area contributed by atoms with E-state index < -0.39 is 0 Å². The minimum absolute atomic E-state index is 0.147. The van der Waals surface area contributed by atoms with Crippen LogP contribution in [0, 0.1) is 0 Å². The molecule has 0 unspecified atom stereocenters. The fourth-order valence-corrected chi connectivity index (χ4v) is 3.99. The van der Waals surface area contributed by atoms with E-state index in [4.69, 9.17) is 4.74 Å². The third-order valence-corrected chi connectivity index (χ3v) is 5.56. The monoisotopic (exact) mass is 401 g/mol. The zero-order valence-corrected chi connectivity index (χ0v) is 17.3. The largest absolute Gasteiger partial charge is 0.496 e. The van der Waals surface area contributed by atoms with Crippen LogP contribution in [0.5, 0.6) is 5.75 Å². The molecule has 5 heteroatoms. The highest BCUT2D eigenvalue weighted by Gasteiger charge is 2.13. The van der Waals surface area contributed by atoms with Crippen molar-refractivity contribution >= 4 is 28.6 Å². The minimum Gasteiger partial charge on any atom is -0.496 e. The molecular formula is C25H27N3O2. The van der Waals surface area contributed by atoms with Crippen molar-refractivity contribution in [3.63, 3.8) is 0 Å². The van der Waals surface area contributed by atoms with Crippen LogP contribution in [-0.2, 0) is 11.2 Å². The summed E-state index contributed by atoms with van der Waals surface area (Å²) in [6.45, 7) is 2.17. The van der Waals surface area contributed by atoms with Crippen molar-refractivity contribution in [2.24, 2.45) is 5.10 Å². The maximum absolute atomic E-state index is 12.4. The molecule has 1 fully saturated rings. The fraction of sp³-hybridized carbons (Fsp3) is 0.280. The number of hydrogen-bond donors (Lipinski definition) is 1. The van der Waals surface area contributed by atoms with Gasteiger partial charge in [0.1, 0.15) is 5.75 Å². The zero-order chi connectivity index (χ0) is 20.8. The first-order valence-electron chi connectivity index (χ1n) is 10.5. The Balaban J connectivity index is 1.41. The lowest BCUT2D eigenvalue weighted by molar-refractivity contribution is -0.120. The number of fused-ring (bicyclic) bond motifs is 1. The molecule has 30 heavy (non-hydrogen) atoms. The van der Waals surface area contributed by atoms with Gasteiger partial charge in [0.25, 0.3) is 0 Å². The highest BCUT2D eigenvalue weighted by Crippen LogP contribution is 2.27. The second kappa shape index (κ2) is 9.44. The Hall–Kier alpha value is -3.34. The first-order valence-corrected chi connectivity index (χ1v) is 10.5. The molecule has 0 atom stereocenters. The summed E-state index contributed by atoms with van der Waals surface area (Å²) in [5.41, 5.74) is 5.64. The van der Waals surface area contributed by atoms with Crippen molar-refractivity contribution in [1.82, 2.24) is 5.43 Å². The van der Waals surface area contributed by atoms with Gasteiger partial charge in [-0.2, -0.15) is 5.10 Å². The average Bonchev–Trinajstić information content (AvgIpc) is 2.80. The summed E-state index contributed by atoms with van der Waals surface area (Å²) in [4.78, 5) is 14.8. The van der Waals surface area contributed by atoms with Gasteiger partial charge in [0, 0.05) is 30.4 Å². The maximum atomic E-state index is 12.4. The molecular weight excluding hydrogens is 374 g/mol. The van der Waals surface area contributed by atoms with Crippen molar-refractivity contribution in [2.45, 2.75) is 25.7 Å². The fourth-order valence-electron chi connectivity index (χ4n) is 3.99. The van der Waals surface area contributed by atoms with Gasteiger partial charge in [-0.05, 0) is 47.7 Å². The van der Waals surface area contributed by atoms with Gasteiger partial charge in [0.2, 0.25) is 5.91 Å². The third kappa shape index (κ3) is 4.62. The molecule has 1 heterocycles. The van der Waals surface area contributed by atoms with Crippen molar-refractivity contribution in [3.8, 4) is 5.75 Å². The first-order chi connectivity index (χ1) is 14.7. The van der Waals surface area contributed by atoms with Crippen LogP contribution < -0.4 is 15.1 Å². The van der Waals surface area contributed by atoms with Crippen LogP contribution in [0.25, 0.3) is 10.8 Å². The van der Waals surface area contributed by atoms with Gasteiger partial charge in [-0.15, -0.1) is 0 Å². The number of piperidine rings is 1. The maximum Gasteiger partial charge on any atom is 0.244 e. The molecule has 1 aliphatic heterocycles. The van der Waals surface area contributed by atoms with Crippen molar-refractivity contribution in [1.29, 1.82) is 0 Å². The molecule has 4 rings (SSSR count). The number of carbonyl (C=O) groups is 1. The van der Waals surface area contributed by atoms with Crippen LogP contribution in [0.2, 0.25) is 0 Å². The van der Waals surface area contributed by atoms with E-state index in [1.165, 1.54) is 24.9 Å². The van der Waals surface area contributed by atoms with Gasteiger partial charge in [-0.1, -0.05) is 42.5 Å². The SMILES string of the molecule is COc1cc(N2CCCCC2)ccc1/C=N\NC(=O)Cc1cccc2ccccc12. The van der Waals surface area contributed by atoms with Gasteiger partial charge in [0.05, 0.1) is 19.7 Å². The molecule has 1 N–H and O–H groups in total. The lowest BCUT2D eigenvalue weighted by Gasteiger charge is -2.29. The molecule has 0 spiro atoms. The highest BCUT2D eigenvalue weighted by atomic mass is 16.5. The van der Waals surface area contributed by atoms with E-state index in [9.17, 15) is 4.79 Å². The van der Waals surface area contributed by atoms with E-state index in [1.807, 2.05) is 42.5 Å². The van der Waals surface area contributed by atoms with E-state index in [-0.39, 0.29) is 12.3 Å². The normalized spacial score (nSPS) is 14.2. The van der Waals surface area contributed by atoms with Crippen LogP contribution in [0.1, 0.15) is 30.4 Å². The smallest absolute Gasteiger partial charge is 0.244 e. The number of amides is 1. The predicted molar refractivity (Wildman–Crippen MR) is 122 cm³/mol. The zero-order valence-electron chi connectivity index (χ0n) is 17.3. The molecule has 0 aromatic heterocycles. The summed E-state index contributed by atoms with van der Waals surface area (Å²) >= 11 is 0. The third-order valence-electron chi connectivity index (χ3n) is 5.56. The highest BCUT2D eigenvalue weighted by molar-refractivity contribution is 5.91. The summed E-state index contributed by atoms with van der Waals surface area (Å²) in [5.74, 6) is 0.608. The number of nitrogens with one attached hydrogen (secondary N) is 1. The number of benzene rings is 3. The van der Waals surface area contributed by atoms with Crippen LogP contribution in [0.3, 0.4) is 0 Å². The molecule has 0 aliphatic carbocycles. The summed E-state index contributed by atoms with van der Waals surface area (Å²) in [7, 11) is 1.66. The van der Waals surface area contributed by atoms with Crippen molar-refractivity contribution < 1.29 is 9.53 Å². The van der Waals surface area contributed by atoms with Crippen molar-refractivity contribution in [2.75, 3.05) is 25.1 Å². The summed E-state index contributed by atoms with van der Waals surface area (Å²) in [6, 6.07) is 20.2. The number of rotatable bonds is 6. The van der Waals surface area contributed by atoms with Crippen LogP contribution >= 0.6 is 0 Å². The Morgan fingerprint density at radius 1 is 1.07 bits per heavy atom. The molecule has 0 bridgehead atoms. The van der Waals surface area contributed by atoms with E-state index in [1.54, 1.807) is 13.3 Å². The number of nitrogens with zero attached hydrogens (tertiary/aromatic N) is 2. The Kier molecular flexibility index (Phi) is 6.28. The first kappa shape index (κ1) is 20.0. The summed E-state index contributed by atoms with van der Waals surface area (Å²) in [5, 5.41) is 6.37. The van der Waals surface area contributed by atoms with Crippen LogP contribution in [0.15, 0.2) is 65.8 Å². The van der Waals surface area contributed by atoms with Crippen LogP contribution in [0.4, 0.5) is 5.69 Å². The minimum atomic E-state index is -0.147. The lowest BCUT2D eigenvalue weighted by atomic mass is 10.0. The second-order valence-corrected chi connectivity index (χ2v) is 7.58. The van der Waals surface area contributed by atoms with Gasteiger partial charge in [-0.3, -0.25) is 4.79 Å². The molecule has 1 aliphatic rings. The van der Waals surface area contributed by atoms with Gasteiger partial charge in [0.15, 0.2) is 0 Å². The Morgan fingerprint density at radius 3 is 2.70 bits per heavy atom. The van der Waals surface area contributed by atoms with E-state index in [2.05, 4.69) is 33.6 Å². The van der Waals surface area contributed by atoms with Crippen LogP contribution in [-0.4, -0.2) is 32.3 Å². The number of hydrogen-bond acceptors (Lipinski definition) is 4. The van der Waals surface area contributed by atoms with E-state index in [0.717, 1.165) is 40.7 Å².